The molecule has 3 aliphatic rings. The molecule has 1 N–H and O–H groups in total. The van der Waals surface area contributed by atoms with Crippen molar-refractivity contribution >= 4 is 22.9 Å². The molecular weight excluding hydrogens is 644 g/mol. The minimum atomic E-state index is -1.16. The zero-order valence-corrected chi connectivity index (χ0v) is 30.4. The molecule has 3 atom stereocenters. The maximum atomic E-state index is 14.2. The van der Waals surface area contributed by atoms with Gasteiger partial charge in [0.05, 0.1) is 12.2 Å². The summed E-state index contributed by atoms with van der Waals surface area (Å²) >= 11 is 0. The van der Waals surface area contributed by atoms with E-state index in [1.807, 2.05) is 45.9 Å². The van der Waals surface area contributed by atoms with Crippen molar-refractivity contribution in [2.75, 3.05) is 0 Å². The summed E-state index contributed by atoms with van der Waals surface area (Å²) in [5.41, 5.74) is 4.31. The molecule has 0 aliphatic carbocycles. The maximum absolute atomic E-state index is 14.2. The average molecular weight is 693 g/mol. The SMILES string of the molecule is CC(C)=C1CCc2ccc(cc2)CC(CCc2ccccc2)CC(=O)OC2c3c(ccc4c(CO)c(C(C)C)c(=O)oc34)OC(C)(C)C2OC1=O. The predicted molar refractivity (Wildman–Crippen MR) is 196 cm³/mol. The van der Waals surface area contributed by atoms with Gasteiger partial charge in [-0.3, -0.25) is 4.79 Å². The highest BCUT2D eigenvalue weighted by Gasteiger charge is 2.50. The van der Waals surface area contributed by atoms with Crippen LogP contribution in [0, 0.1) is 5.92 Å². The van der Waals surface area contributed by atoms with E-state index in [0.29, 0.717) is 52.7 Å². The van der Waals surface area contributed by atoms with E-state index in [4.69, 9.17) is 18.6 Å². The number of fused-ring (bicyclic) bond motifs is 13. The average Bonchev–Trinajstić information content (AvgIpc) is 3.08. The van der Waals surface area contributed by atoms with Crippen LogP contribution in [0.2, 0.25) is 0 Å². The Morgan fingerprint density at radius 1 is 0.882 bits per heavy atom. The first-order valence-corrected chi connectivity index (χ1v) is 18.0. The molecule has 1 aromatic heterocycles. The Balaban J connectivity index is 1.48. The third-order valence-corrected chi connectivity index (χ3v) is 10.3. The number of hydrogen-bond donors (Lipinski definition) is 1. The summed E-state index contributed by atoms with van der Waals surface area (Å²) in [5, 5.41) is 11.0. The number of carbonyl (C=O) groups is 2. The van der Waals surface area contributed by atoms with E-state index in [9.17, 15) is 19.5 Å². The van der Waals surface area contributed by atoms with Gasteiger partial charge < -0.3 is 23.7 Å². The van der Waals surface area contributed by atoms with E-state index >= 15 is 0 Å². The first kappa shape index (κ1) is 36.1. The highest BCUT2D eigenvalue weighted by Crippen LogP contribution is 2.48. The van der Waals surface area contributed by atoms with E-state index in [0.717, 1.165) is 29.5 Å². The van der Waals surface area contributed by atoms with Gasteiger partial charge in [0.1, 0.15) is 16.9 Å². The fraction of sp³-hybridized carbons (Fsp3) is 0.419. The van der Waals surface area contributed by atoms with Crippen molar-refractivity contribution in [3.63, 3.8) is 0 Å². The molecule has 8 heteroatoms. The number of aliphatic hydroxyl groups is 1. The molecule has 0 radical (unpaired) electrons. The molecule has 0 saturated heterocycles. The Morgan fingerprint density at radius 2 is 1.59 bits per heavy atom. The zero-order chi connectivity index (χ0) is 36.4. The Hall–Kier alpha value is -4.69. The summed E-state index contributed by atoms with van der Waals surface area (Å²) in [6.07, 6.45) is 1.22. The molecule has 51 heavy (non-hydrogen) atoms. The van der Waals surface area contributed by atoms with Crippen molar-refractivity contribution in [1.82, 2.24) is 0 Å². The van der Waals surface area contributed by atoms with Gasteiger partial charge in [0.25, 0.3) is 0 Å². The molecule has 0 amide bonds. The lowest BCUT2D eigenvalue weighted by Crippen LogP contribution is -2.52. The van der Waals surface area contributed by atoms with Crippen LogP contribution in [-0.2, 0) is 44.9 Å². The monoisotopic (exact) mass is 692 g/mol. The largest absolute Gasteiger partial charge is 0.483 e. The second-order valence-corrected chi connectivity index (χ2v) is 15.0. The quantitative estimate of drug-likeness (QED) is 0.127. The van der Waals surface area contributed by atoms with Crippen LogP contribution in [0.25, 0.3) is 11.0 Å². The van der Waals surface area contributed by atoms with Crippen LogP contribution < -0.4 is 10.4 Å². The van der Waals surface area contributed by atoms with E-state index in [-0.39, 0.29) is 23.8 Å². The summed E-state index contributed by atoms with van der Waals surface area (Å²) in [6, 6.07) is 22.1. The minimum Gasteiger partial charge on any atom is -0.483 e. The number of benzene rings is 3. The fourth-order valence-electron chi connectivity index (χ4n) is 7.54. The lowest BCUT2D eigenvalue weighted by atomic mass is 9.85. The van der Waals surface area contributed by atoms with Crippen molar-refractivity contribution in [1.29, 1.82) is 0 Å². The number of rotatable bonds is 5. The Labute approximate surface area is 299 Å². The van der Waals surface area contributed by atoms with Crippen LogP contribution in [0.5, 0.6) is 5.75 Å². The van der Waals surface area contributed by atoms with Crippen molar-refractivity contribution < 1.29 is 33.3 Å². The molecule has 2 bridgehead atoms. The molecule has 4 heterocycles. The molecule has 3 aliphatic heterocycles. The van der Waals surface area contributed by atoms with Crippen molar-refractivity contribution in [2.45, 2.75) is 110 Å². The number of hydrogen-bond acceptors (Lipinski definition) is 8. The lowest BCUT2D eigenvalue weighted by Gasteiger charge is -2.43. The number of allylic oxidation sites excluding steroid dienone is 1. The van der Waals surface area contributed by atoms with E-state index in [1.165, 1.54) is 5.56 Å². The Bertz CT molecular complexity index is 2000. The van der Waals surface area contributed by atoms with Gasteiger partial charge in [0.15, 0.2) is 12.2 Å². The van der Waals surface area contributed by atoms with Gasteiger partial charge in [0.2, 0.25) is 0 Å². The Morgan fingerprint density at radius 3 is 2.25 bits per heavy atom. The molecule has 7 rings (SSSR count). The Kier molecular flexibility index (Phi) is 10.5. The van der Waals surface area contributed by atoms with E-state index in [1.54, 1.807) is 26.0 Å². The normalized spacial score (nSPS) is 20.7. The van der Waals surface area contributed by atoms with Crippen LogP contribution in [0.1, 0.15) is 106 Å². The van der Waals surface area contributed by atoms with Crippen LogP contribution in [0.15, 0.2) is 87.1 Å². The second kappa shape index (κ2) is 14.9. The fourth-order valence-corrected chi connectivity index (χ4v) is 7.54. The predicted octanol–water partition coefficient (Wildman–Crippen LogP) is 8.24. The second-order valence-electron chi connectivity index (χ2n) is 15.0. The van der Waals surface area contributed by atoms with Gasteiger partial charge in [-0.1, -0.05) is 74.0 Å². The summed E-state index contributed by atoms with van der Waals surface area (Å²) in [5.74, 6) is -0.888. The van der Waals surface area contributed by atoms with Gasteiger partial charge in [-0.05, 0) is 106 Å². The number of aliphatic hydroxyl groups excluding tert-OH is 1. The van der Waals surface area contributed by atoms with E-state index in [2.05, 4.69) is 36.4 Å². The highest BCUT2D eigenvalue weighted by molar-refractivity contribution is 5.90. The zero-order valence-electron chi connectivity index (χ0n) is 30.4. The summed E-state index contributed by atoms with van der Waals surface area (Å²) in [7, 11) is 0. The van der Waals surface area contributed by atoms with Crippen molar-refractivity contribution in [3.8, 4) is 5.75 Å². The van der Waals surface area contributed by atoms with Crippen molar-refractivity contribution in [2.24, 2.45) is 5.92 Å². The molecule has 0 spiro atoms. The van der Waals surface area contributed by atoms with Gasteiger partial charge >= 0.3 is 17.6 Å². The third kappa shape index (κ3) is 7.66. The van der Waals surface area contributed by atoms with Gasteiger partial charge in [-0.25, -0.2) is 9.59 Å². The van der Waals surface area contributed by atoms with Crippen LogP contribution >= 0.6 is 0 Å². The topological polar surface area (TPSA) is 112 Å². The summed E-state index contributed by atoms with van der Waals surface area (Å²) in [4.78, 5) is 41.7. The lowest BCUT2D eigenvalue weighted by molar-refractivity contribution is -0.188. The molecule has 268 valence electrons. The smallest absolute Gasteiger partial charge is 0.340 e. The van der Waals surface area contributed by atoms with Gasteiger partial charge in [-0.15, -0.1) is 0 Å². The maximum Gasteiger partial charge on any atom is 0.340 e. The molecular formula is C43H48O8. The standard InChI is InChI=1S/C43H48O8/c1-25(2)31-19-18-28-12-15-29(16-13-28)22-30(17-14-27-10-8-7-9-11-27)23-35(45)48-39-37-34(51-43(5,6)40(39)50-41(31)46)21-20-32-33(24-44)36(26(3)4)42(47)49-38(32)37/h7-13,15-16,20-21,26,30,39-40,44H,14,17-19,22-24H2,1-6H3. The minimum absolute atomic E-state index is 0.0397. The molecule has 8 nitrogen and oxygen atoms in total. The first-order chi connectivity index (χ1) is 24.4. The van der Waals surface area contributed by atoms with Gasteiger partial charge in [0, 0.05) is 22.9 Å². The van der Waals surface area contributed by atoms with E-state index < -0.39 is 42.0 Å². The third-order valence-electron chi connectivity index (χ3n) is 10.3. The molecule has 3 unspecified atom stereocenters. The van der Waals surface area contributed by atoms with Gasteiger partial charge in [-0.2, -0.15) is 0 Å². The summed E-state index contributed by atoms with van der Waals surface area (Å²) in [6.45, 7) is 10.7. The van der Waals surface area contributed by atoms with Crippen LogP contribution in [0.4, 0.5) is 0 Å². The number of esters is 2. The number of ether oxygens (including phenoxy) is 3. The molecule has 4 aromatic rings. The number of carbonyl (C=O) groups excluding carboxylic acids is 2. The van der Waals surface area contributed by atoms with Crippen molar-refractivity contribution in [3.05, 3.63) is 122 Å². The number of aryl methyl sites for hydroxylation is 2. The first-order valence-electron chi connectivity index (χ1n) is 18.0. The molecule has 3 aromatic carbocycles. The highest BCUT2D eigenvalue weighted by atomic mass is 16.6. The molecule has 0 fully saturated rings. The van der Waals surface area contributed by atoms with Crippen LogP contribution in [-0.4, -0.2) is 28.8 Å². The van der Waals surface area contributed by atoms with Crippen LogP contribution in [0.3, 0.4) is 0 Å². The summed E-state index contributed by atoms with van der Waals surface area (Å²) < 4.78 is 25.3. The molecule has 0 saturated carbocycles.